The molecule has 1 unspecified atom stereocenters. The lowest BCUT2D eigenvalue weighted by atomic mass is 10.2. The second kappa shape index (κ2) is 8.38. The van der Waals surface area contributed by atoms with Crippen LogP contribution in [-0.4, -0.2) is 31.6 Å². The number of hydrogen-bond acceptors (Lipinski definition) is 5. The van der Waals surface area contributed by atoms with E-state index in [0.29, 0.717) is 11.3 Å². The van der Waals surface area contributed by atoms with Gasteiger partial charge in [0.05, 0.1) is 18.7 Å². The maximum atomic E-state index is 11.7. The Morgan fingerprint density at radius 2 is 2.05 bits per heavy atom. The first-order valence-corrected chi connectivity index (χ1v) is 6.26. The summed E-state index contributed by atoms with van der Waals surface area (Å²) in [5, 5.41) is 11.3. The molecule has 0 saturated heterocycles. The summed E-state index contributed by atoms with van der Waals surface area (Å²) in [5.41, 5.74) is 0.521. The van der Waals surface area contributed by atoms with Crippen molar-refractivity contribution < 1.29 is 19.1 Å². The van der Waals surface area contributed by atoms with Crippen molar-refractivity contribution in [2.45, 2.75) is 13.0 Å². The zero-order chi connectivity index (χ0) is 15.7. The Morgan fingerprint density at radius 3 is 2.62 bits per heavy atom. The lowest BCUT2D eigenvalue weighted by molar-refractivity contribution is -0.135. The van der Waals surface area contributed by atoms with Crippen LogP contribution in [0, 0.1) is 11.3 Å². The first-order chi connectivity index (χ1) is 10.1. The lowest BCUT2D eigenvalue weighted by Gasteiger charge is -2.13. The molecular weight excluding hydrogens is 272 g/mol. The number of carbonyl (C=O) groups is 2. The molecule has 6 heteroatoms. The Kier molecular flexibility index (Phi) is 6.48. The molecule has 1 amide bonds. The SMILES string of the molecule is COC(=O)/C=C/CNC(=O)C(C)Oc1ccc(C#N)cc1. The standard InChI is InChI=1S/C15H16N2O4/c1-11(15(19)17-9-3-4-14(18)20-2)21-13-7-5-12(10-16)6-8-13/h3-8,11H,9H2,1-2H3,(H,17,19)/b4-3+. The van der Waals surface area contributed by atoms with Crippen molar-refractivity contribution >= 4 is 11.9 Å². The van der Waals surface area contributed by atoms with Gasteiger partial charge in [0.15, 0.2) is 6.10 Å². The zero-order valence-corrected chi connectivity index (χ0v) is 11.8. The molecular formula is C15H16N2O4. The third-order valence-corrected chi connectivity index (χ3v) is 2.51. The van der Waals surface area contributed by atoms with E-state index < -0.39 is 12.1 Å². The Bertz CT molecular complexity index is 558. The molecule has 1 aromatic carbocycles. The molecule has 1 atom stereocenters. The predicted molar refractivity (Wildman–Crippen MR) is 75.4 cm³/mol. The highest BCUT2D eigenvalue weighted by Gasteiger charge is 2.13. The van der Waals surface area contributed by atoms with Crippen LogP contribution >= 0.6 is 0 Å². The number of nitriles is 1. The van der Waals surface area contributed by atoms with E-state index >= 15 is 0 Å². The summed E-state index contributed by atoms with van der Waals surface area (Å²) in [6.07, 6.45) is 2.02. The highest BCUT2D eigenvalue weighted by molar-refractivity contribution is 5.82. The number of hydrogen-bond donors (Lipinski definition) is 1. The summed E-state index contributed by atoms with van der Waals surface area (Å²) in [6, 6.07) is 8.47. The topological polar surface area (TPSA) is 88.4 Å². The quantitative estimate of drug-likeness (QED) is 0.627. The molecule has 0 radical (unpaired) electrons. The maximum absolute atomic E-state index is 11.7. The van der Waals surface area contributed by atoms with Crippen LogP contribution in [0.3, 0.4) is 0 Å². The van der Waals surface area contributed by atoms with Crippen molar-refractivity contribution in [3.05, 3.63) is 42.0 Å². The predicted octanol–water partition coefficient (Wildman–Crippen LogP) is 1.17. The minimum atomic E-state index is -0.690. The minimum absolute atomic E-state index is 0.203. The van der Waals surface area contributed by atoms with Crippen LogP contribution in [0.1, 0.15) is 12.5 Å². The van der Waals surface area contributed by atoms with E-state index in [1.807, 2.05) is 6.07 Å². The number of benzene rings is 1. The molecule has 0 aliphatic heterocycles. The number of nitrogens with one attached hydrogen (secondary N) is 1. The summed E-state index contributed by atoms with van der Waals surface area (Å²) in [7, 11) is 1.28. The van der Waals surface area contributed by atoms with Gasteiger partial charge in [0.25, 0.3) is 5.91 Å². The van der Waals surface area contributed by atoms with E-state index in [-0.39, 0.29) is 12.5 Å². The van der Waals surface area contributed by atoms with Crippen LogP contribution in [0.15, 0.2) is 36.4 Å². The second-order valence-corrected chi connectivity index (χ2v) is 4.07. The van der Waals surface area contributed by atoms with Crippen molar-refractivity contribution in [3.8, 4) is 11.8 Å². The average molecular weight is 288 g/mol. The molecule has 1 N–H and O–H groups in total. The highest BCUT2D eigenvalue weighted by Crippen LogP contribution is 2.13. The van der Waals surface area contributed by atoms with Gasteiger partial charge in [-0.1, -0.05) is 6.08 Å². The fourth-order valence-corrected chi connectivity index (χ4v) is 1.39. The lowest BCUT2D eigenvalue weighted by Crippen LogP contribution is -2.36. The number of nitrogens with zero attached hydrogens (tertiary/aromatic N) is 1. The fourth-order valence-electron chi connectivity index (χ4n) is 1.39. The van der Waals surface area contributed by atoms with E-state index in [1.165, 1.54) is 19.3 Å². The molecule has 21 heavy (non-hydrogen) atoms. The molecule has 0 bridgehead atoms. The van der Waals surface area contributed by atoms with Crippen LogP contribution in [-0.2, 0) is 14.3 Å². The monoisotopic (exact) mass is 288 g/mol. The summed E-state index contributed by atoms with van der Waals surface area (Å²) >= 11 is 0. The maximum Gasteiger partial charge on any atom is 0.330 e. The first kappa shape index (κ1) is 16.2. The van der Waals surface area contributed by atoms with Crippen molar-refractivity contribution in [3.63, 3.8) is 0 Å². The normalized spacial score (nSPS) is 11.5. The molecule has 0 aliphatic carbocycles. The van der Waals surface area contributed by atoms with Crippen LogP contribution in [0.5, 0.6) is 5.75 Å². The third kappa shape index (κ3) is 5.78. The molecule has 0 heterocycles. The molecule has 0 aromatic heterocycles. The van der Waals surface area contributed by atoms with Gasteiger partial charge in [-0.2, -0.15) is 5.26 Å². The van der Waals surface area contributed by atoms with Crippen molar-refractivity contribution in [1.29, 1.82) is 5.26 Å². The largest absolute Gasteiger partial charge is 0.481 e. The van der Waals surface area contributed by atoms with Gasteiger partial charge in [0.1, 0.15) is 5.75 Å². The summed E-state index contributed by atoms with van der Waals surface area (Å²) in [5.74, 6) is -0.290. The molecule has 1 aromatic rings. The molecule has 0 aliphatic rings. The number of ether oxygens (including phenoxy) is 2. The van der Waals surface area contributed by atoms with E-state index in [2.05, 4.69) is 10.1 Å². The summed E-state index contributed by atoms with van der Waals surface area (Å²) < 4.78 is 9.85. The number of esters is 1. The van der Waals surface area contributed by atoms with Crippen molar-refractivity contribution in [1.82, 2.24) is 5.32 Å². The van der Waals surface area contributed by atoms with Crippen molar-refractivity contribution in [2.24, 2.45) is 0 Å². The van der Waals surface area contributed by atoms with Gasteiger partial charge in [-0.05, 0) is 31.2 Å². The van der Waals surface area contributed by atoms with Crippen LogP contribution in [0.25, 0.3) is 0 Å². The van der Waals surface area contributed by atoms with Crippen LogP contribution in [0.4, 0.5) is 0 Å². The summed E-state index contributed by atoms with van der Waals surface area (Å²) in [6.45, 7) is 1.81. The Balaban J connectivity index is 2.42. The number of carbonyl (C=O) groups excluding carboxylic acids is 2. The average Bonchev–Trinajstić information content (AvgIpc) is 2.51. The molecule has 0 saturated carbocycles. The third-order valence-electron chi connectivity index (χ3n) is 2.51. The number of rotatable bonds is 6. The Hall–Kier alpha value is -2.81. The number of methoxy groups -OCH3 is 1. The van der Waals surface area contributed by atoms with Crippen LogP contribution < -0.4 is 10.1 Å². The van der Waals surface area contributed by atoms with Gasteiger partial charge in [-0.25, -0.2) is 4.79 Å². The molecule has 6 nitrogen and oxygen atoms in total. The molecule has 1 rings (SSSR count). The summed E-state index contributed by atoms with van der Waals surface area (Å²) in [4.78, 5) is 22.6. The smallest absolute Gasteiger partial charge is 0.330 e. The van der Waals surface area contributed by atoms with Crippen LogP contribution in [0.2, 0.25) is 0 Å². The van der Waals surface area contributed by atoms with E-state index in [0.717, 1.165) is 0 Å². The van der Waals surface area contributed by atoms with E-state index in [9.17, 15) is 9.59 Å². The zero-order valence-electron chi connectivity index (χ0n) is 11.8. The highest BCUT2D eigenvalue weighted by atomic mass is 16.5. The Morgan fingerprint density at radius 1 is 1.38 bits per heavy atom. The van der Waals surface area contributed by atoms with Gasteiger partial charge in [0, 0.05) is 12.6 Å². The van der Waals surface area contributed by atoms with Gasteiger partial charge in [-0.15, -0.1) is 0 Å². The van der Waals surface area contributed by atoms with Gasteiger partial charge >= 0.3 is 5.97 Å². The van der Waals surface area contributed by atoms with Gasteiger partial charge in [0.2, 0.25) is 0 Å². The van der Waals surface area contributed by atoms with E-state index in [1.54, 1.807) is 31.2 Å². The molecule has 110 valence electrons. The molecule has 0 fully saturated rings. The molecule has 0 spiro atoms. The van der Waals surface area contributed by atoms with Gasteiger partial charge < -0.3 is 14.8 Å². The second-order valence-electron chi connectivity index (χ2n) is 4.07. The number of amides is 1. The first-order valence-electron chi connectivity index (χ1n) is 6.26. The van der Waals surface area contributed by atoms with Gasteiger partial charge in [-0.3, -0.25) is 4.79 Å². The fraction of sp³-hybridized carbons (Fsp3) is 0.267. The van der Waals surface area contributed by atoms with E-state index in [4.69, 9.17) is 10.00 Å². The van der Waals surface area contributed by atoms with Crippen molar-refractivity contribution in [2.75, 3.05) is 13.7 Å². The minimum Gasteiger partial charge on any atom is -0.481 e. The Labute approximate surface area is 123 Å².